The highest BCUT2D eigenvalue weighted by Gasteiger charge is 2.20. The van der Waals surface area contributed by atoms with E-state index in [-0.39, 0.29) is 24.6 Å². The molecule has 0 aliphatic rings. The van der Waals surface area contributed by atoms with Crippen molar-refractivity contribution in [2.45, 2.75) is 26.2 Å². The van der Waals surface area contributed by atoms with Gasteiger partial charge in [-0.15, -0.1) is 0 Å². The van der Waals surface area contributed by atoms with Gasteiger partial charge >= 0.3 is 0 Å². The van der Waals surface area contributed by atoms with Crippen molar-refractivity contribution in [3.63, 3.8) is 0 Å². The molecule has 0 unspecified atom stereocenters. The molecule has 136 valence electrons. The summed E-state index contributed by atoms with van der Waals surface area (Å²) in [5, 5.41) is 2.74. The first-order chi connectivity index (χ1) is 11.4. The average molecular weight is 360 g/mol. The van der Waals surface area contributed by atoms with Gasteiger partial charge in [0.25, 0.3) is 0 Å². The van der Waals surface area contributed by atoms with Crippen molar-refractivity contribution in [3.05, 3.63) is 30.1 Å². The van der Waals surface area contributed by atoms with Crippen LogP contribution in [0.5, 0.6) is 0 Å². The number of nitrogens with one attached hydrogen (secondary N) is 1. The SMILES string of the molecule is CCOCCCNC(=O)CCCN(c1ccccc1F)S(C)(=O)=O. The smallest absolute Gasteiger partial charge is 0.232 e. The summed E-state index contributed by atoms with van der Waals surface area (Å²) in [4.78, 5) is 11.7. The van der Waals surface area contributed by atoms with Crippen LogP contribution in [0.4, 0.5) is 10.1 Å². The third-order valence-electron chi connectivity index (χ3n) is 3.28. The molecule has 0 radical (unpaired) electrons. The molecule has 1 aromatic rings. The molecule has 24 heavy (non-hydrogen) atoms. The van der Waals surface area contributed by atoms with Gasteiger partial charge in [0.05, 0.1) is 11.9 Å². The van der Waals surface area contributed by atoms with Crippen molar-refractivity contribution >= 4 is 21.6 Å². The standard InChI is InChI=1S/C16H25FN2O4S/c1-3-23-13-7-11-18-16(20)10-6-12-19(24(2,21)22)15-9-5-4-8-14(15)17/h4-5,8-9H,3,6-7,10-13H2,1-2H3,(H,18,20). The Morgan fingerprint density at radius 1 is 1.29 bits per heavy atom. The minimum atomic E-state index is -3.62. The summed E-state index contributed by atoms with van der Waals surface area (Å²) >= 11 is 0. The van der Waals surface area contributed by atoms with Gasteiger partial charge in [-0.2, -0.15) is 0 Å². The van der Waals surface area contributed by atoms with Crippen molar-refractivity contribution in [3.8, 4) is 0 Å². The van der Waals surface area contributed by atoms with E-state index in [0.29, 0.717) is 26.2 Å². The number of nitrogens with zero attached hydrogens (tertiary/aromatic N) is 1. The number of hydrogen-bond donors (Lipinski definition) is 1. The molecule has 0 saturated heterocycles. The number of hydrogen-bond acceptors (Lipinski definition) is 4. The summed E-state index contributed by atoms with van der Waals surface area (Å²) in [7, 11) is -3.62. The van der Waals surface area contributed by atoms with Crippen molar-refractivity contribution < 1.29 is 22.3 Å². The number of rotatable bonds is 11. The maximum atomic E-state index is 13.8. The summed E-state index contributed by atoms with van der Waals surface area (Å²) in [5.41, 5.74) is -0.00266. The zero-order chi connectivity index (χ0) is 18.0. The van der Waals surface area contributed by atoms with Crippen LogP contribution in [0.25, 0.3) is 0 Å². The highest BCUT2D eigenvalue weighted by atomic mass is 32.2. The molecule has 0 saturated carbocycles. The fourth-order valence-corrected chi connectivity index (χ4v) is 3.10. The number of carbonyl (C=O) groups is 1. The molecule has 0 aromatic heterocycles. The first-order valence-corrected chi connectivity index (χ1v) is 9.77. The van der Waals surface area contributed by atoms with Gasteiger partial charge < -0.3 is 10.1 Å². The Morgan fingerprint density at radius 2 is 2.00 bits per heavy atom. The van der Waals surface area contributed by atoms with Crippen molar-refractivity contribution in [1.29, 1.82) is 0 Å². The van der Waals surface area contributed by atoms with Gasteiger partial charge in [0.15, 0.2) is 0 Å². The van der Waals surface area contributed by atoms with E-state index in [2.05, 4.69) is 5.32 Å². The molecular formula is C16H25FN2O4S. The third-order valence-corrected chi connectivity index (χ3v) is 4.46. The minimum Gasteiger partial charge on any atom is -0.382 e. The second kappa shape index (κ2) is 10.2. The van der Waals surface area contributed by atoms with Crippen LogP contribution in [0, 0.1) is 5.82 Å². The van der Waals surface area contributed by atoms with E-state index >= 15 is 0 Å². The number of carbonyl (C=O) groups excluding carboxylic acids is 1. The highest BCUT2D eigenvalue weighted by molar-refractivity contribution is 7.92. The van der Waals surface area contributed by atoms with E-state index < -0.39 is 15.8 Å². The summed E-state index contributed by atoms with van der Waals surface area (Å²) in [6.07, 6.45) is 2.23. The zero-order valence-electron chi connectivity index (χ0n) is 14.1. The lowest BCUT2D eigenvalue weighted by atomic mass is 10.2. The van der Waals surface area contributed by atoms with Gasteiger partial charge in [-0.3, -0.25) is 9.10 Å². The zero-order valence-corrected chi connectivity index (χ0v) is 14.9. The average Bonchev–Trinajstić information content (AvgIpc) is 2.51. The largest absolute Gasteiger partial charge is 0.382 e. The molecule has 0 heterocycles. The Balaban J connectivity index is 2.47. The minimum absolute atomic E-state index is 0.00266. The van der Waals surface area contributed by atoms with E-state index in [1.165, 1.54) is 18.2 Å². The Morgan fingerprint density at radius 3 is 2.62 bits per heavy atom. The lowest BCUT2D eigenvalue weighted by molar-refractivity contribution is -0.121. The predicted octanol–water partition coefficient (Wildman–Crippen LogP) is 1.91. The number of sulfonamides is 1. The van der Waals surface area contributed by atoms with Crippen molar-refractivity contribution in [2.24, 2.45) is 0 Å². The van der Waals surface area contributed by atoms with Crippen LogP contribution < -0.4 is 9.62 Å². The first-order valence-electron chi connectivity index (χ1n) is 7.93. The maximum absolute atomic E-state index is 13.8. The molecule has 6 nitrogen and oxygen atoms in total. The van der Waals surface area contributed by atoms with Gasteiger partial charge in [0.2, 0.25) is 15.9 Å². The van der Waals surface area contributed by atoms with E-state index in [0.717, 1.165) is 17.0 Å². The van der Waals surface area contributed by atoms with Crippen LogP contribution in [0.2, 0.25) is 0 Å². The molecule has 1 amide bonds. The van der Waals surface area contributed by atoms with Crippen LogP contribution >= 0.6 is 0 Å². The number of anilines is 1. The Bertz CT molecular complexity index is 622. The number of para-hydroxylation sites is 1. The van der Waals surface area contributed by atoms with E-state index in [1.54, 1.807) is 6.07 Å². The number of ether oxygens (including phenoxy) is 1. The van der Waals surface area contributed by atoms with Gasteiger partial charge in [0, 0.05) is 32.7 Å². The van der Waals surface area contributed by atoms with Gasteiger partial charge in [-0.05, 0) is 31.9 Å². The topological polar surface area (TPSA) is 75.7 Å². The van der Waals surface area contributed by atoms with E-state index in [1.807, 2.05) is 6.92 Å². The quantitative estimate of drug-likeness (QED) is 0.612. The molecular weight excluding hydrogens is 335 g/mol. The van der Waals surface area contributed by atoms with E-state index in [9.17, 15) is 17.6 Å². The molecule has 1 aromatic carbocycles. The number of halogens is 1. The van der Waals surface area contributed by atoms with Crippen LogP contribution in [0.15, 0.2) is 24.3 Å². The first kappa shape index (κ1) is 20.4. The molecule has 1 N–H and O–H groups in total. The second-order valence-corrected chi connectivity index (χ2v) is 7.20. The van der Waals surface area contributed by atoms with Crippen molar-refractivity contribution in [2.75, 3.05) is 36.9 Å². The summed E-state index contributed by atoms with van der Waals surface area (Å²) in [5.74, 6) is -0.767. The fraction of sp³-hybridized carbons (Fsp3) is 0.562. The van der Waals surface area contributed by atoms with Crippen LogP contribution in [0.1, 0.15) is 26.2 Å². The van der Waals surface area contributed by atoms with Gasteiger partial charge in [-0.25, -0.2) is 12.8 Å². The fourth-order valence-electron chi connectivity index (χ4n) is 2.14. The Kier molecular flexibility index (Phi) is 8.70. The van der Waals surface area contributed by atoms with Crippen molar-refractivity contribution in [1.82, 2.24) is 5.32 Å². The monoisotopic (exact) mass is 360 g/mol. The Hall–Kier alpha value is -1.67. The molecule has 0 spiro atoms. The highest BCUT2D eigenvalue weighted by Crippen LogP contribution is 2.21. The molecule has 0 bridgehead atoms. The number of amides is 1. The molecule has 0 aliphatic carbocycles. The molecule has 0 atom stereocenters. The molecule has 1 rings (SSSR count). The summed E-state index contributed by atoms with van der Waals surface area (Å²) in [6.45, 7) is 3.70. The third kappa shape index (κ3) is 7.27. The lowest BCUT2D eigenvalue weighted by Crippen LogP contribution is -2.33. The molecule has 0 aliphatic heterocycles. The van der Waals surface area contributed by atoms with Gasteiger partial charge in [-0.1, -0.05) is 12.1 Å². The predicted molar refractivity (Wildman–Crippen MR) is 91.9 cm³/mol. The normalized spacial score (nSPS) is 11.3. The maximum Gasteiger partial charge on any atom is 0.232 e. The number of benzene rings is 1. The van der Waals surface area contributed by atoms with Crippen LogP contribution in [-0.4, -0.2) is 46.9 Å². The molecule has 8 heteroatoms. The van der Waals surface area contributed by atoms with Crippen LogP contribution in [0.3, 0.4) is 0 Å². The summed E-state index contributed by atoms with van der Waals surface area (Å²) in [6, 6.07) is 5.68. The molecule has 0 fully saturated rings. The lowest BCUT2D eigenvalue weighted by Gasteiger charge is -2.22. The second-order valence-electron chi connectivity index (χ2n) is 5.29. The van der Waals surface area contributed by atoms with Crippen LogP contribution in [-0.2, 0) is 19.6 Å². The Labute approximate surface area is 143 Å². The van der Waals surface area contributed by atoms with Gasteiger partial charge in [0.1, 0.15) is 5.82 Å². The van der Waals surface area contributed by atoms with E-state index in [4.69, 9.17) is 4.74 Å². The summed E-state index contributed by atoms with van der Waals surface area (Å²) < 4.78 is 43.7.